The summed E-state index contributed by atoms with van der Waals surface area (Å²) in [6.45, 7) is 17.8. The molecule has 0 unspecified atom stereocenters. The van der Waals surface area contributed by atoms with Crippen LogP contribution in [0.15, 0.2) is 69.5 Å². The van der Waals surface area contributed by atoms with E-state index >= 15 is 0 Å². The lowest BCUT2D eigenvalue weighted by atomic mass is 10.1. The van der Waals surface area contributed by atoms with Crippen molar-refractivity contribution in [3.63, 3.8) is 0 Å². The maximum absolute atomic E-state index is 4.13. The van der Waals surface area contributed by atoms with Gasteiger partial charge in [0.15, 0.2) is 0 Å². The van der Waals surface area contributed by atoms with Crippen molar-refractivity contribution in [1.82, 2.24) is 0 Å². The largest absolute Gasteiger partial charge is 0.103 e. The summed E-state index contributed by atoms with van der Waals surface area (Å²) in [4.78, 5) is 2.26. The molecule has 0 nitrogen and oxygen atoms in total. The third kappa shape index (κ3) is 6.27. The summed E-state index contributed by atoms with van der Waals surface area (Å²) >= 11 is 5.16. The van der Waals surface area contributed by atoms with Gasteiger partial charge in [0.2, 0.25) is 0 Å². The molecule has 0 aromatic carbocycles. The summed E-state index contributed by atoms with van der Waals surface area (Å²) in [7, 11) is 0. The Balaban J connectivity index is 5.01. The second-order valence-corrected chi connectivity index (χ2v) is 6.27. The third-order valence-electron chi connectivity index (χ3n) is 2.38. The fourth-order valence-corrected chi connectivity index (χ4v) is 2.25. The molecule has 2 heteroatoms. The Kier molecular flexibility index (Phi) is 8.86. The van der Waals surface area contributed by atoms with Crippen molar-refractivity contribution < 1.29 is 0 Å². The SMILES string of the molecule is C=CC/C(C=C)=C/C(=C\C)C(=C)S/C(C)=C(\C)Br. The molecular formula is C16H21BrS. The monoisotopic (exact) mass is 324 g/mol. The van der Waals surface area contributed by atoms with Gasteiger partial charge in [0.1, 0.15) is 0 Å². The average molecular weight is 325 g/mol. The summed E-state index contributed by atoms with van der Waals surface area (Å²) in [5.74, 6) is 0. The number of hydrogen-bond donors (Lipinski definition) is 0. The Morgan fingerprint density at radius 2 is 1.89 bits per heavy atom. The van der Waals surface area contributed by atoms with Crippen LogP contribution in [0.5, 0.6) is 0 Å². The van der Waals surface area contributed by atoms with Crippen molar-refractivity contribution in [2.45, 2.75) is 27.2 Å². The number of hydrogen-bond acceptors (Lipinski definition) is 1. The molecule has 0 saturated carbocycles. The van der Waals surface area contributed by atoms with Crippen LogP contribution in [0.1, 0.15) is 27.2 Å². The third-order valence-corrected chi connectivity index (χ3v) is 4.33. The van der Waals surface area contributed by atoms with E-state index in [9.17, 15) is 0 Å². The van der Waals surface area contributed by atoms with Crippen molar-refractivity contribution in [3.05, 3.63) is 69.5 Å². The normalized spacial score (nSPS) is 14.0. The Hall–Kier alpha value is -0.730. The van der Waals surface area contributed by atoms with Crippen LogP contribution in [-0.4, -0.2) is 0 Å². The summed E-state index contributed by atoms with van der Waals surface area (Å²) in [6, 6.07) is 0. The molecule has 98 valence electrons. The van der Waals surface area contributed by atoms with Crippen molar-refractivity contribution in [1.29, 1.82) is 0 Å². The Labute approximate surface area is 124 Å². The molecule has 0 atom stereocenters. The molecule has 0 aliphatic heterocycles. The molecular weight excluding hydrogens is 304 g/mol. The first kappa shape index (κ1) is 17.3. The number of allylic oxidation sites excluding steroid dienone is 8. The van der Waals surface area contributed by atoms with E-state index in [0.29, 0.717) is 0 Å². The number of thioether (sulfide) groups is 1. The summed E-state index contributed by atoms with van der Waals surface area (Å²) in [6.07, 6.45) is 8.75. The molecule has 0 bridgehead atoms. The second-order valence-electron chi connectivity index (χ2n) is 3.78. The summed E-state index contributed by atoms with van der Waals surface area (Å²) in [5.41, 5.74) is 2.28. The molecule has 0 aliphatic carbocycles. The first-order chi connectivity index (χ1) is 8.46. The number of rotatable bonds is 7. The van der Waals surface area contributed by atoms with E-state index < -0.39 is 0 Å². The van der Waals surface area contributed by atoms with Gasteiger partial charge in [0.05, 0.1) is 0 Å². The van der Waals surface area contributed by atoms with Gasteiger partial charge in [-0.2, -0.15) is 0 Å². The lowest BCUT2D eigenvalue weighted by Gasteiger charge is -2.09. The molecule has 0 aromatic heterocycles. The molecule has 18 heavy (non-hydrogen) atoms. The molecule has 0 heterocycles. The van der Waals surface area contributed by atoms with Gasteiger partial charge in [-0.15, -0.1) is 6.58 Å². The molecule has 0 amide bonds. The molecule has 0 aromatic rings. The fraction of sp³-hybridized carbons (Fsp3) is 0.250. The zero-order valence-corrected chi connectivity index (χ0v) is 13.8. The van der Waals surface area contributed by atoms with Crippen LogP contribution in [-0.2, 0) is 0 Å². The highest BCUT2D eigenvalue weighted by Crippen LogP contribution is 2.33. The minimum atomic E-state index is 0.824. The maximum Gasteiger partial charge on any atom is 0.0116 e. The van der Waals surface area contributed by atoms with E-state index in [1.54, 1.807) is 11.8 Å². The minimum Gasteiger partial charge on any atom is -0.103 e. The van der Waals surface area contributed by atoms with E-state index in [0.717, 1.165) is 27.0 Å². The molecule has 0 saturated heterocycles. The molecule has 0 fully saturated rings. The van der Waals surface area contributed by atoms with Crippen LogP contribution >= 0.6 is 27.7 Å². The minimum absolute atomic E-state index is 0.824. The summed E-state index contributed by atoms with van der Waals surface area (Å²) < 4.78 is 1.14. The second kappa shape index (κ2) is 9.23. The van der Waals surface area contributed by atoms with E-state index in [1.807, 2.05) is 26.0 Å². The van der Waals surface area contributed by atoms with Gasteiger partial charge in [0.25, 0.3) is 0 Å². The van der Waals surface area contributed by atoms with Gasteiger partial charge < -0.3 is 0 Å². The van der Waals surface area contributed by atoms with Crippen LogP contribution in [0.3, 0.4) is 0 Å². The van der Waals surface area contributed by atoms with Crippen LogP contribution < -0.4 is 0 Å². The molecule has 0 aliphatic rings. The highest BCUT2D eigenvalue weighted by Gasteiger charge is 2.04. The van der Waals surface area contributed by atoms with Crippen LogP contribution in [0.4, 0.5) is 0 Å². The lowest BCUT2D eigenvalue weighted by molar-refractivity contribution is 1.29. The Morgan fingerprint density at radius 3 is 2.28 bits per heavy atom. The van der Waals surface area contributed by atoms with Crippen molar-refractivity contribution in [2.75, 3.05) is 0 Å². The van der Waals surface area contributed by atoms with Gasteiger partial charge in [-0.25, -0.2) is 0 Å². The molecule has 0 radical (unpaired) electrons. The zero-order chi connectivity index (χ0) is 14.1. The standard InChI is InChI=1S/C16H21BrS/c1-7-10-15(8-2)11-16(9-3)14(6)18-13(5)12(4)17/h7-9,11H,1-2,6,10H2,3-5H3/b13-12+,15-11+,16-9+. The van der Waals surface area contributed by atoms with E-state index in [4.69, 9.17) is 0 Å². The van der Waals surface area contributed by atoms with Gasteiger partial charge >= 0.3 is 0 Å². The predicted octanol–water partition coefficient (Wildman–Crippen LogP) is 6.51. The average Bonchev–Trinajstić information content (AvgIpc) is 2.33. The smallest absolute Gasteiger partial charge is 0.0116 e. The maximum atomic E-state index is 4.13. The quantitative estimate of drug-likeness (QED) is 0.379. The Bertz CT molecular complexity index is 418. The molecule has 0 rings (SSSR count). The van der Waals surface area contributed by atoms with Gasteiger partial charge in [-0.3, -0.25) is 0 Å². The molecule has 0 spiro atoms. The van der Waals surface area contributed by atoms with Gasteiger partial charge in [-0.1, -0.05) is 65.2 Å². The van der Waals surface area contributed by atoms with Crippen molar-refractivity contribution >= 4 is 27.7 Å². The van der Waals surface area contributed by atoms with Crippen molar-refractivity contribution in [2.24, 2.45) is 0 Å². The fourth-order valence-electron chi connectivity index (χ4n) is 1.21. The van der Waals surface area contributed by atoms with Crippen LogP contribution in [0.2, 0.25) is 0 Å². The summed E-state index contributed by atoms with van der Waals surface area (Å²) in [5, 5.41) is 0. The van der Waals surface area contributed by atoms with Gasteiger partial charge in [0, 0.05) is 9.39 Å². The first-order valence-corrected chi connectivity index (χ1v) is 7.37. The topological polar surface area (TPSA) is 0 Å². The van der Waals surface area contributed by atoms with E-state index in [1.165, 1.54) is 4.91 Å². The first-order valence-electron chi connectivity index (χ1n) is 5.76. The van der Waals surface area contributed by atoms with Crippen LogP contribution in [0.25, 0.3) is 0 Å². The van der Waals surface area contributed by atoms with Crippen LogP contribution in [0, 0.1) is 0 Å². The zero-order valence-electron chi connectivity index (χ0n) is 11.4. The van der Waals surface area contributed by atoms with Crippen molar-refractivity contribution in [3.8, 4) is 0 Å². The van der Waals surface area contributed by atoms with Gasteiger partial charge in [-0.05, 0) is 43.2 Å². The number of halogens is 1. The highest BCUT2D eigenvalue weighted by molar-refractivity contribution is 9.11. The predicted molar refractivity (Wildman–Crippen MR) is 90.9 cm³/mol. The Morgan fingerprint density at radius 1 is 1.28 bits per heavy atom. The van der Waals surface area contributed by atoms with E-state index in [2.05, 4.69) is 54.7 Å². The molecule has 0 N–H and O–H groups in total. The highest BCUT2D eigenvalue weighted by atomic mass is 79.9. The lowest BCUT2D eigenvalue weighted by Crippen LogP contribution is -1.84. The van der Waals surface area contributed by atoms with E-state index in [-0.39, 0.29) is 0 Å².